The molecule has 2 rings (SSSR count). The molecule has 1 saturated heterocycles. The molecule has 116 valence electrons. The van der Waals surface area contributed by atoms with Crippen LogP contribution in [0.3, 0.4) is 0 Å². The van der Waals surface area contributed by atoms with Crippen molar-refractivity contribution in [2.75, 3.05) is 33.1 Å². The molecule has 2 N–H and O–H groups in total. The zero-order valence-corrected chi connectivity index (χ0v) is 12.8. The van der Waals surface area contributed by atoms with Gasteiger partial charge < -0.3 is 24.6 Å². The number of aliphatic hydroxyl groups excluding tert-OH is 2. The van der Waals surface area contributed by atoms with Crippen LogP contribution in [-0.4, -0.2) is 60.2 Å². The van der Waals surface area contributed by atoms with Gasteiger partial charge in [0.25, 0.3) is 0 Å². The molecule has 21 heavy (non-hydrogen) atoms. The molecule has 1 amide bonds. The molecular formula is C14H19NO5S. The minimum atomic E-state index is -0.945. The fourth-order valence-corrected chi connectivity index (χ4v) is 3.44. The lowest BCUT2D eigenvalue weighted by atomic mass is 10.1. The molecule has 1 aromatic carbocycles. The fraction of sp³-hybridized carbons (Fsp3) is 0.500. The van der Waals surface area contributed by atoms with Gasteiger partial charge in [-0.1, -0.05) is 0 Å². The van der Waals surface area contributed by atoms with Crippen LogP contribution in [-0.2, 0) is 4.79 Å². The molecule has 0 spiro atoms. The van der Waals surface area contributed by atoms with Crippen molar-refractivity contribution in [2.45, 2.75) is 11.5 Å². The van der Waals surface area contributed by atoms with Crippen LogP contribution in [0.4, 0.5) is 0 Å². The molecule has 2 unspecified atom stereocenters. The molecule has 1 heterocycles. The Kier molecular flexibility index (Phi) is 5.33. The average molecular weight is 313 g/mol. The highest BCUT2D eigenvalue weighted by Crippen LogP contribution is 2.43. The van der Waals surface area contributed by atoms with Gasteiger partial charge >= 0.3 is 0 Å². The Labute approximate surface area is 127 Å². The Morgan fingerprint density at radius 2 is 2.19 bits per heavy atom. The van der Waals surface area contributed by atoms with Gasteiger partial charge in [-0.05, 0) is 12.1 Å². The van der Waals surface area contributed by atoms with Gasteiger partial charge in [0, 0.05) is 11.6 Å². The summed E-state index contributed by atoms with van der Waals surface area (Å²) >= 11 is 1.47. The summed E-state index contributed by atoms with van der Waals surface area (Å²) in [7, 11) is 3.14. The summed E-state index contributed by atoms with van der Waals surface area (Å²) in [4.78, 5) is 13.5. The first-order valence-corrected chi connectivity index (χ1v) is 7.57. The van der Waals surface area contributed by atoms with Crippen LogP contribution in [0, 0.1) is 0 Å². The van der Waals surface area contributed by atoms with E-state index in [4.69, 9.17) is 14.6 Å². The SMILES string of the molecule is COc1ccc(C2SCC(=O)N2CC(O)CO)c(OC)c1. The number of amides is 1. The van der Waals surface area contributed by atoms with Crippen molar-refractivity contribution in [1.82, 2.24) is 4.90 Å². The number of hydrogen-bond acceptors (Lipinski definition) is 6. The largest absolute Gasteiger partial charge is 0.497 e. The maximum absolute atomic E-state index is 12.0. The lowest BCUT2D eigenvalue weighted by molar-refractivity contribution is -0.129. The number of carbonyl (C=O) groups is 1. The molecular weight excluding hydrogens is 294 g/mol. The van der Waals surface area contributed by atoms with Crippen molar-refractivity contribution in [3.63, 3.8) is 0 Å². The number of methoxy groups -OCH3 is 2. The van der Waals surface area contributed by atoms with E-state index in [2.05, 4.69) is 0 Å². The molecule has 6 nitrogen and oxygen atoms in total. The first kappa shape index (κ1) is 15.9. The summed E-state index contributed by atoms with van der Waals surface area (Å²) in [5.41, 5.74) is 0.847. The van der Waals surface area contributed by atoms with Crippen LogP contribution < -0.4 is 9.47 Å². The van der Waals surface area contributed by atoms with Crippen molar-refractivity contribution < 1.29 is 24.5 Å². The van der Waals surface area contributed by atoms with E-state index in [0.717, 1.165) is 5.56 Å². The number of aliphatic hydroxyl groups is 2. The molecule has 1 aliphatic heterocycles. The molecule has 1 fully saturated rings. The topological polar surface area (TPSA) is 79.2 Å². The summed E-state index contributed by atoms with van der Waals surface area (Å²) < 4.78 is 10.5. The lowest BCUT2D eigenvalue weighted by Gasteiger charge is -2.27. The number of carbonyl (C=O) groups excluding carboxylic acids is 1. The number of hydrogen-bond donors (Lipinski definition) is 2. The van der Waals surface area contributed by atoms with E-state index in [1.807, 2.05) is 12.1 Å². The molecule has 7 heteroatoms. The molecule has 1 aliphatic rings. The van der Waals surface area contributed by atoms with Crippen molar-refractivity contribution in [3.8, 4) is 11.5 Å². The third-order valence-corrected chi connectivity index (χ3v) is 4.53. The number of thioether (sulfide) groups is 1. The summed E-state index contributed by atoms with van der Waals surface area (Å²) in [6.45, 7) is -0.275. The van der Waals surface area contributed by atoms with Gasteiger partial charge in [-0.3, -0.25) is 4.79 Å². The monoisotopic (exact) mass is 313 g/mol. The highest BCUT2D eigenvalue weighted by Gasteiger charge is 2.35. The summed E-state index contributed by atoms with van der Waals surface area (Å²) in [5, 5.41) is 18.3. The van der Waals surface area contributed by atoms with Crippen LogP contribution >= 0.6 is 11.8 Å². The number of rotatable bonds is 6. The van der Waals surface area contributed by atoms with Gasteiger partial charge in [-0.25, -0.2) is 0 Å². The molecule has 2 atom stereocenters. The van der Waals surface area contributed by atoms with Gasteiger partial charge in [0.2, 0.25) is 5.91 Å². The number of ether oxygens (including phenoxy) is 2. The zero-order chi connectivity index (χ0) is 15.4. The summed E-state index contributed by atoms with van der Waals surface area (Å²) in [5.74, 6) is 1.59. The maximum atomic E-state index is 12.0. The van der Waals surface area contributed by atoms with Crippen LogP contribution in [0.1, 0.15) is 10.9 Å². The number of benzene rings is 1. The summed E-state index contributed by atoms with van der Waals surface area (Å²) in [6, 6.07) is 5.42. The number of β-amino-alcohol motifs (C(OH)–C–C–N with tert-alkyl or cyclic N) is 1. The second-order valence-electron chi connectivity index (χ2n) is 4.65. The van der Waals surface area contributed by atoms with Crippen molar-refractivity contribution in [2.24, 2.45) is 0 Å². The third-order valence-electron chi connectivity index (χ3n) is 3.29. The van der Waals surface area contributed by atoms with Crippen molar-refractivity contribution >= 4 is 17.7 Å². The van der Waals surface area contributed by atoms with Gasteiger partial charge in [-0.15, -0.1) is 11.8 Å². The minimum Gasteiger partial charge on any atom is -0.497 e. The maximum Gasteiger partial charge on any atom is 0.233 e. The quantitative estimate of drug-likeness (QED) is 0.802. The average Bonchev–Trinajstić information content (AvgIpc) is 2.87. The highest BCUT2D eigenvalue weighted by atomic mass is 32.2. The second-order valence-corrected chi connectivity index (χ2v) is 5.72. The van der Waals surface area contributed by atoms with E-state index in [0.29, 0.717) is 17.3 Å². The molecule has 1 aromatic rings. The van der Waals surface area contributed by atoms with E-state index in [9.17, 15) is 9.90 Å². The van der Waals surface area contributed by atoms with E-state index < -0.39 is 6.10 Å². The van der Waals surface area contributed by atoms with E-state index in [1.165, 1.54) is 11.8 Å². The van der Waals surface area contributed by atoms with Gasteiger partial charge in [0.05, 0.1) is 39.2 Å². The van der Waals surface area contributed by atoms with E-state index >= 15 is 0 Å². The van der Waals surface area contributed by atoms with Gasteiger partial charge in [0.1, 0.15) is 16.9 Å². The fourth-order valence-electron chi connectivity index (χ4n) is 2.22. The first-order valence-electron chi connectivity index (χ1n) is 6.52. The smallest absolute Gasteiger partial charge is 0.233 e. The minimum absolute atomic E-state index is 0.0598. The molecule has 0 aliphatic carbocycles. The highest BCUT2D eigenvalue weighted by molar-refractivity contribution is 8.00. The second kappa shape index (κ2) is 7.02. The van der Waals surface area contributed by atoms with Crippen LogP contribution in [0.5, 0.6) is 11.5 Å². The van der Waals surface area contributed by atoms with Crippen molar-refractivity contribution in [1.29, 1.82) is 0 Å². The Morgan fingerprint density at radius 3 is 2.81 bits per heavy atom. The van der Waals surface area contributed by atoms with Gasteiger partial charge in [0.15, 0.2) is 0 Å². The van der Waals surface area contributed by atoms with Crippen LogP contribution in [0.25, 0.3) is 0 Å². The van der Waals surface area contributed by atoms with Gasteiger partial charge in [-0.2, -0.15) is 0 Å². The Bertz CT molecular complexity index is 510. The van der Waals surface area contributed by atoms with Crippen LogP contribution in [0.15, 0.2) is 18.2 Å². The normalized spacial score (nSPS) is 19.7. The van der Waals surface area contributed by atoms with E-state index in [-0.39, 0.29) is 24.4 Å². The number of nitrogens with zero attached hydrogens (tertiary/aromatic N) is 1. The predicted octanol–water partition coefficient (Wildman–Crippen LogP) is 0.631. The third kappa shape index (κ3) is 3.42. The Hall–Kier alpha value is -1.44. The Morgan fingerprint density at radius 1 is 1.43 bits per heavy atom. The van der Waals surface area contributed by atoms with Crippen molar-refractivity contribution in [3.05, 3.63) is 23.8 Å². The molecule has 0 aromatic heterocycles. The van der Waals surface area contributed by atoms with E-state index in [1.54, 1.807) is 25.2 Å². The molecule has 0 radical (unpaired) electrons. The van der Waals surface area contributed by atoms with Crippen LogP contribution in [0.2, 0.25) is 0 Å². The summed E-state index contributed by atoms with van der Waals surface area (Å²) in [6.07, 6.45) is -0.945. The first-order chi connectivity index (χ1) is 10.1. The molecule has 0 bridgehead atoms. The Balaban J connectivity index is 2.28. The predicted molar refractivity (Wildman–Crippen MR) is 79.6 cm³/mol. The standard InChI is InChI=1S/C14H19NO5S/c1-19-10-3-4-11(12(5-10)20-2)14-15(6-9(17)7-16)13(18)8-21-14/h3-5,9,14,16-17H,6-8H2,1-2H3. The lowest BCUT2D eigenvalue weighted by Crippen LogP contribution is -2.37. The zero-order valence-electron chi connectivity index (χ0n) is 12.0. The molecule has 0 saturated carbocycles.